The van der Waals surface area contributed by atoms with E-state index in [1.165, 1.54) is 76.2 Å². The molecule has 94 heavy (non-hydrogen) atoms. The normalized spacial score (nSPS) is 9.34. The number of rotatable bonds is 45. The lowest BCUT2D eigenvalue weighted by Crippen LogP contribution is -2.09. The molecule has 0 spiro atoms. The molecule has 0 aliphatic rings. The molecular formula is C72H118O22. The van der Waals surface area contributed by atoms with Crippen LogP contribution in [-0.2, 0) is 105 Å². The van der Waals surface area contributed by atoms with Crippen LogP contribution in [0.3, 0.4) is 0 Å². The smallest absolute Gasteiger partial charge is 0.198 e. The minimum Gasteiger partial charge on any atom is -0.300 e. The van der Waals surface area contributed by atoms with Crippen LogP contribution >= 0.6 is 0 Å². The third-order valence-electron chi connectivity index (χ3n) is 11.7. The van der Waals surface area contributed by atoms with E-state index in [1.54, 1.807) is 20.8 Å². The molecule has 0 saturated heterocycles. The van der Waals surface area contributed by atoms with Gasteiger partial charge in [-0.2, -0.15) is 0 Å². The van der Waals surface area contributed by atoms with Crippen LogP contribution < -0.4 is 0 Å². The van der Waals surface area contributed by atoms with Gasteiger partial charge in [0.2, 0.25) is 0 Å². The van der Waals surface area contributed by atoms with Crippen molar-refractivity contribution >= 4 is 127 Å². The highest BCUT2D eigenvalue weighted by Gasteiger charge is 2.11. The van der Waals surface area contributed by atoms with Crippen LogP contribution in [0.5, 0.6) is 0 Å². The van der Waals surface area contributed by atoms with Crippen molar-refractivity contribution in [3.05, 3.63) is 0 Å². The molecule has 22 heteroatoms. The van der Waals surface area contributed by atoms with E-state index in [0.29, 0.717) is 89.9 Å². The fourth-order valence-electron chi connectivity index (χ4n) is 6.34. The Hall–Kier alpha value is -7.26. The van der Waals surface area contributed by atoms with Crippen molar-refractivity contribution in [1.29, 1.82) is 0 Å². The Morgan fingerprint density at radius 2 is 0.394 bits per heavy atom. The second kappa shape index (κ2) is 74.8. The van der Waals surface area contributed by atoms with E-state index < -0.39 is 11.6 Å². The molecule has 0 aromatic rings. The summed E-state index contributed by atoms with van der Waals surface area (Å²) in [5, 5.41) is 0. The maximum Gasteiger partial charge on any atom is 0.198 e. The Morgan fingerprint density at radius 1 is 0.170 bits per heavy atom. The van der Waals surface area contributed by atoms with Gasteiger partial charge in [-0.1, -0.05) is 47.0 Å². The van der Waals surface area contributed by atoms with Gasteiger partial charge in [0.05, 0.1) is 19.3 Å². The number of Topliss-reactive ketones (excluding diaryl/α,β-unsaturated/α-hetero) is 22. The molecule has 0 rings (SSSR count). The zero-order valence-electron chi connectivity index (χ0n) is 60.6. The minimum atomic E-state index is -0.423. The van der Waals surface area contributed by atoms with Gasteiger partial charge in [0.1, 0.15) is 92.5 Å². The molecule has 0 N–H and O–H groups in total. The number of carbonyl (C=O) groups is 22. The predicted molar refractivity (Wildman–Crippen MR) is 360 cm³/mol. The average Bonchev–Trinajstić information content (AvgIpc) is 3.66. The summed E-state index contributed by atoms with van der Waals surface area (Å²) in [6, 6.07) is 0. The quantitative estimate of drug-likeness (QED) is 0.0310. The van der Waals surface area contributed by atoms with Crippen LogP contribution in [-0.4, -0.2) is 127 Å². The van der Waals surface area contributed by atoms with Gasteiger partial charge in [0.15, 0.2) is 34.7 Å². The van der Waals surface area contributed by atoms with Gasteiger partial charge in [0, 0.05) is 136 Å². The topological polar surface area (TPSA) is 376 Å². The van der Waals surface area contributed by atoms with E-state index in [2.05, 4.69) is 6.92 Å². The van der Waals surface area contributed by atoms with Crippen LogP contribution in [0.2, 0.25) is 0 Å². The summed E-state index contributed by atoms with van der Waals surface area (Å²) in [7, 11) is 0. The lowest BCUT2D eigenvalue weighted by molar-refractivity contribution is -0.135. The number of carbonyl (C=O) groups excluding carboxylic acids is 22. The molecule has 0 bridgehead atoms. The first-order chi connectivity index (χ1) is 43.4. The highest BCUT2D eigenvalue weighted by molar-refractivity contribution is 6.37. The molecule has 0 unspecified atom stereocenters. The summed E-state index contributed by atoms with van der Waals surface area (Å²) in [6.07, 6.45) is 16.8. The molecule has 0 fully saturated rings. The third kappa shape index (κ3) is 119. The second-order valence-electron chi connectivity index (χ2n) is 22.8. The SMILES string of the molecule is CC(=O)CCC(=O)CC(C)=O.CC(=O)CCC(=O)CC(C)=O.CC(=O)CCCC(=O)C(C)=O.CC(=O)CCCC(=O)C(C)=O.CC(=O)CCCCC(C)=O.CCC(=O)CCCC(C)=O.CCCC(=O)CCC(C)=O.CCCCC(=O)CC(C)=O.CCCCCC(=O)C(C)=O. The van der Waals surface area contributed by atoms with E-state index in [-0.39, 0.29) is 173 Å². The largest absolute Gasteiger partial charge is 0.300 e. The standard InChI is InChI=1S/4C8H12O3.5C8H14O2/c2*1-6(9)3-4-8(11)5-7(2)10;2*1-6(9)4-3-5-8(11)7(2)10;1-7(9)5-3-4-6-8(2)10;1-3-8(10)6-4-5-7(2)9;1-3-4-8(10)6-5-7(2)9;1-3-4-5-8(10)6-7(2)9;1-3-4-5-6-8(10)7(2)9/h4*3-5H2,1-2H3;5*3-6H2,1-2H3. The van der Waals surface area contributed by atoms with Gasteiger partial charge >= 0.3 is 0 Å². The van der Waals surface area contributed by atoms with Crippen LogP contribution in [0.15, 0.2) is 0 Å². The van der Waals surface area contributed by atoms with Crippen molar-refractivity contribution < 1.29 is 105 Å². The van der Waals surface area contributed by atoms with Gasteiger partial charge in [0.25, 0.3) is 0 Å². The summed E-state index contributed by atoms with van der Waals surface area (Å²) in [4.78, 5) is 231. The zero-order chi connectivity index (χ0) is 75.3. The van der Waals surface area contributed by atoms with E-state index in [9.17, 15) is 105 Å². The fourth-order valence-corrected chi connectivity index (χ4v) is 6.34. The molecule has 0 radical (unpaired) electrons. The van der Waals surface area contributed by atoms with Crippen molar-refractivity contribution in [2.24, 2.45) is 0 Å². The molecule has 538 valence electrons. The molecule has 0 amide bonds. The number of unbranched alkanes of at least 4 members (excludes halogenated alkanes) is 4. The monoisotopic (exact) mass is 1330 g/mol. The predicted octanol–water partition coefficient (Wildman–Crippen LogP) is 12.2. The van der Waals surface area contributed by atoms with Crippen molar-refractivity contribution in [2.45, 2.75) is 330 Å². The van der Waals surface area contributed by atoms with E-state index in [0.717, 1.165) is 57.8 Å². The molecular weight excluding hydrogens is 1220 g/mol. The maximum absolute atomic E-state index is 10.8. The summed E-state index contributed by atoms with van der Waals surface area (Å²) >= 11 is 0. The molecule has 0 aliphatic heterocycles. The Morgan fingerprint density at radius 3 is 0.628 bits per heavy atom. The Labute approximate surface area is 560 Å². The van der Waals surface area contributed by atoms with Gasteiger partial charge in [-0.25, -0.2) is 0 Å². The van der Waals surface area contributed by atoms with Crippen molar-refractivity contribution in [2.75, 3.05) is 0 Å². The van der Waals surface area contributed by atoms with Crippen molar-refractivity contribution in [3.8, 4) is 0 Å². The molecule has 0 atom stereocenters. The fraction of sp³-hybridized carbons (Fsp3) is 0.694. The summed E-state index contributed by atoms with van der Waals surface area (Å²) in [6.45, 7) is 27.9. The first-order valence-corrected chi connectivity index (χ1v) is 32.6. The van der Waals surface area contributed by atoms with Crippen LogP contribution in [0, 0.1) is 0 Å². The Bertz CT molecular complexity index is 2300. The minimum absolute atomic E-state index is 0.0121. The first kappa shape index (κ1) is 106. The number of hydrogen-bond acceptors (Lipinski definition) is 22. The van der Waals surface area contributed by atoms with Gasteiger partial charge in [-0.3, -0.25) is 67.1 Å². The maximum atomic E-state index is 10.8. The molecule has 0 heterocycles. The average molecular weight is 1340 g/mol. The summed E-state index contributed by atoms with van der Waals surface area (Å²) < 4.78 is 0. The van der Waals surface area contributed by atoms with Crippen LogP contribution in [0.25, 0.3) is 0 Å². The Kier molecular flexibility index (Phi) is 83.9. The second-order valence-corrected chi connectivity index (χ2v) is 22.8. The van der Waals surface area contributed by atoms with Crippen LogP contribution in [0.1, 0.15) is 330 Å². The summed E-state index contributed by atoms with van der Waals surface area (Å²) in [5.41, 5.74) is 0. The highest BCUT2D eigenvalue weighted by Crippen LogP contribution is 2.04. The number of ketones is 22. The molecule has 0 saturated carbocycles. The van der Waals surface area contributed by atoms with E-state index in [4.69, 9.17) is 0 Å². The Balaban J connectivity index is -0.000000124. The van der Waals surface area contributed by atoms with E-state index >= 15 is 0 Å². The molecule has 22 nitrogen and oxygen atoms in total. The lowest BCUT2D eigenvalue weighted by atomic mass is 10.1. The summed E-state index contributed by atoms with van der Waals surface area (Å²) in [5.74, 6) is -1.43. The van der Waals surface area contributed by atoms with Crippen molar-refractivity contribution in [3.63, 3.8) is 0 Å². The lowest BCUT2D eigenvalue weighted by Gasteiger charge is -1.93. The first-order valence-electron chi connectivity index (χ1n) is 32.6. The zero-order valence-corrected chi connectivity index (χ0v) is 60.6. The third-order valence-corrected chi connectivity index (χ3v) is 11.7. The highest BCUT2D eigenvalue weighted by atomic mass is 16.2. The molecule has 0 aliphatic carbocycles. The van der Waals surface area contributed by atoms with Gasteiger partial charge in [-0.05, 0) is 128 Å². The van der Waals surface area contributed by atoms with E-state index in [1.807, 2.05) is 20.8 Å². The van der Waals surface area contributed by atoms with Gasteiger partial charge in [-0.15, -0.1) is 0 Å². The van der Waals surface area contributed by atoms with Gasteiger partial charge < -0.3 is 38.4 Å². The van der Waals surface area contributed by atoms with Crippen LogP contribution in [0.4, 0.5) is 0 Å². The number of hydrogen-bond donors (Lipinski definition) is 0. The van der Waals surface area contributed by atoms with Crippen molar-refractivity contribution in [1.82, 2.24) is 0 Å². The molecule has 0 aromatic carbocycles. The molecule has 0 aromatic heterocycles.